The standard InChI is InChI=1S/C21H19NO2/c23-21(24-20-14-8-3-9-15-20)22(16-18-10-4-1-5-11-18)17-19-12-6-2-7-13-19/h1-15H,16-17H2. The lowest BCUT2D eigenvalue weighted by Crippen LogP contribution is -2.32. The molecule has 0 heterocycles. The summed E-state index contributed by atoms with van der Waals surface area (Å²) in [5.41, 5.74) is 2.14. The first-order valence-electron chi connectivity index (χ1n) is 7.91. The zero-order valence-electron chi connectivity index (χ0n) is 13.3. The largest absolute Gasteiger partial charge is 0.415 e. The molecular formula is C21H19NO2. The lowest BCUT2D eigenvalue weighted by molar-refractivity contribution is 0.146. The molecule has 0 fully saturated rings. The number of hydrogen-bond acceptors (Lipinski definition) is 2. The van der Waals surface area contributed by atoms with Gasteiger partial charge in [-0.25, -0.2) is 4.79 Å². The van der Waals surface area contributed by atoms with Crippen LogP contribution in [-0.2, 0) is 13.1 Å². The molecule has 3 rings (SSSR count). The number of rotatable bonds is 5. The SMILES string of the molecule is O=C(Oc1ccccc1)N(Cc1ccccc1)Cc1ccccc1. The van der Waals surface area contributed by atoms with Crippen LogP contribution >= 0.6 is 0 Å². The van der Waals surface area contributed by atoms with Crippen LogP contribution in [0.25, 0.3) is 0 Å². The highest BCUT2D eigenvalue weighted by atomic mass is 16.6. The third kappa shape index (κ3) is 4.46. The molecule has 0 saturated heterocycles. The highest BCUT2D eigenvalue weighted by Crippen LogP contribution is 2.15. The monoisotopic (exact) mass is 317 g/mol. The molecule has 3 heteroatoms. The van der Waals surface area contributed by atoms with Gasteiger partial charge in [0.05, 0.1) is 0 Å². The minimum Gasteiger partial charge on any atom is -0.410 e. The van der Waals surface area contributed by atoms with E-state index in [-0.39, 0.29) is 6.09 Å². The molecule has 0 radical (unpaired) electrons. The number of carbonyl (C=O) groups excluding carboxylic acids is 1. The fourth-order valence-corrected chi connectivity index (χ4v) is 2.45. The Balaban J connectivity index is 1.76. The topological polar surface area (TPSA) is 29.5 Å². The van der Waals surface area contributed by atoms with Gasteiger partial charge in [0.15, 0.2) is 0 Å². The van der Waals surface area contributed by atoms with E-state index in [9.17, 15) is 4.79 Å². The smallest absolute Gasteiger partial charge is 0.410 e. The average molecular weight is 317 g/mol. The Hall–Kier alpha value is -3.07. The van der Waals surface area contributed by atoms with Crippen LogP contribution < -0.4 is 4.74 Å². The van der Waals surface area contributed by atoms with E-state index in [2.05, 4.69) is 0 Å². The van der Waals surface area contributed by atoms with Gasteiger partial charge in [-0.15, -0.1) is 0 Å². The summed E-state index contributed by atoms with van der Waals surface area (Å²) in [5.74, 6) is 0.550. The zero-order chi connectivity index (χ0) is 16.6. The second-order valence-corrected chi connectivity index (χ2v) is 5.51. The van der Waals surface area contributed by atoms with Crippen molar-refractivity contribution >= 4 is 6.09 Å². The van der Waals surface area contributed by atoms with Crippen molar-refractivity contribution in [2.75, 3.05) is 0 Å². The van der Waals surface area contributed by atoms with Gasteiger partial charge < -0.3 is 4.74 Å². The van der Waals surface area contributed by atoms with E-state index in [0.717, 1.165) is 11.1 Å². The number of para-hydroxylation sites is 1. The van der Waals surface area contributed by atoms with E-state index >= 15 is 0 Å². The summed E-state index contributed by atoms with van der Waals surface area (Å²) < 4.78 is 5.51. The molecule has 0 N–H and O–H groups in total. The maximum atomic E-state index is 12.6. The Morgan fingerprint density at radius 1 is 0.667 bits per heavy atom. The fraction of sp³-hybridized carbons (Fsp3) is 0.0952. The molecule has 0 atom stereocenters. The van der Waals surface area contributed by atoms with E-state index in [4.69, 9.17) is 4.74 Å². The molecule has 0 saturated carbocycles. The van der Waals surface area contributed by atoms with Crippen LogP contribution in [-0.4, -0.2) is 11.0 Å². The summed E-state index contributed by atoms with van der Waals surface area (Å²) in [4.78, 5) is 14.3. The van der Waals surface area contributed by atoms with Gasteiger partial charge in [-0.2, -0.15) is 0 Å². The molecule has 3 aromatic carbocycles. The van der Waals surface area contributed by atoms with Gasteiger partial charge in [0.25, 0.3) is 0 Å². The molecule has 0 unspecified atom stereocenters. The molecule has 0 aliphatic heterocycles. The first kappa shape index (κ1) is 15.8. The number of carbonyl (C=O) groups is 1. The normalized spacial score (nSPS) is 10.2. The van der Waals surface area contributed by atoms with Crippen molar-refractivity contribution < 1.29 is 9.53 Å². The maximum absolute atomic E-state index is 12.6. The van der Waals surface area contributed by atoms with Crippen molar-refractivity contribution in [1.29, 1.82) is 0 Å². The minimum atomic E-state index is -0.353. The molecule has 3 aromatic rings. The van der Waals surface area contributed by atoms with Crippen LogP contribution in [0.4, 0.5) is 4.79 Å². The Morgan fingerprint density at radius 3 is 1.54 bits per heavy atom. The molecule has 120 valence electrons. The van der Waals surface area contributed by atoms with Crippen molar-refractivity contribution in [3.05, 3.63) is 102 Å². The predicted molar refractivity (Wildman–Crippen MR) is 94.6 cm³/mol. The van der Waals surface area contributed by atoms with Crippen molar-refractivity contribution in [3.8, 4) is 5.75 Å². The maximum Gasteiger partial charge on any atom is 0.415 e. The summed E-state index contributed by atoms with van der Waals surface area (Å²) in [7, 11) is 0. The van der Waals surface area contributed by atoms with E-state index < -0.39 is 0 Å². The first-order chi connectivity index (χ1) is 11.8. The Kier molecular flexibility index (Phi) is 5.25. The summed E-state index contributed by atoms with van der Waals surface area (Å²) in [6.45, 7) is 1.00. The van der Waals surface area contributed by atoms with Crippen molar-refractivity contribution in [2.45, 2.75) is 13.1 Å². The van der Waals surface area contributed by atoms with Gasteiger partial charge >= 0.3 is 6.09 Å². The molecule has 0 aromatic heterocycles. The van der Waals surface area contributed by atoms with Crippen LogP contribution in [0.5, 0.6) is 5.75 Å². The summed E-state index contributed by atoms with van der Waals surface area (Å²) in [6, 6.07) is 29.0. The van der Waals surface area contributed by atoms with Crippen molar-refractivity contribution in [1.82, 2.24) is 4.90 Å². The predicted octanol–water partition coefficient (Wildman–Crippen LogP) is 4.89. The van der Waals surface area contributed by atoms with Crippen molar-refractivity contribution in [2.24, 2.45) is 0 Å². The Bertz CT molecular complexity index is 716. The summed E-state index contributed by atoms with van der Waals surface area (Å²) in [6.07, 6.45) is -0.353. The minimum absolute atomic E-state index is 0.353. The van der Waals surface area contributed by atoms with Gasteiger partial charge in [-0.05, 0) is 23.3 Å². The number of amides is 1. The van der Waals surface area contributed by atoms with E-state index in [1.807, 2.05) is 78.9 Å². The van der Waals surface area contributed by atoms with Crippen molar-refractivity contribution in [3.63, 3.8) is 0 Å². The average Bonchev–Trinajstić information content (AvgIpc) is 2.64. The molecule has 0 spiro atoms. The number of benzene rings is 3. The number of hydrogen-bond donors (Lipinski definition) is 0. The third-order valence-electron chi connectivity index (χ3n) is 3.64. The lowest BCUT2D eigenvalue weighted by atomic mass is 10.2. The van der Waals surface area contributed by atoms with Crippen LogP contribution in [0.15, 0.2) is 91.0 Å². The highest BCUT2D eigenvalue weighted by molar-refractivity contribution is 5.70. The van der Waals surface area contributed by atoms with Gasteiger partial charge in [0, 0.05) is 13.1 Å². The molecule has 0 bridgehead atoms. The second kappa shape index (κ2) is 7.97. The van der Waals surface area contributed by atoms with E-state index in [1.54, 1.807) is 17.0 Å². The van der Waals surface area contributed by atoms with Crippen LogP contribution in [0.1, 0.15) is 11.1 Å². The van der Waals surface area contributed by atoms with Crippen LogP contribution in [0.3, 0.4) is 0 Å². The second-order valence-electron chi connectivity index (χ2n) is 5.51. The molecular weight excluding hydrogens is 298 g/mol. The Labute approximate surface area is 142 Å². The lowest BCUT2D eigenvalue weighted by Gasteiger charge is -2.22. The zero-order valence-corrected chi connectivity index (χ0v) is 13.3. The fourth-order valence-electron chi connectivity index (χ4n) is 2.45. The Morgan fingerprint density at radius 2 is 1.08 bits per heavy atom. The molecule has 0 aliphatic carbocycles. The van der Waals surface area contributed by atoms with Gasteiger partial charge in [-0.3, -0.25) is 4.90 Å². The summed E-state index contributed by atoms with van der Waals surface area (Å²) in [5, 5.41) is 0. The number of nitrogens with zero attached hydrogens (tertiary/aromatic N) is 1. The van der Waals surface area contributed by atoms with Gasteiger partial charge in [0.1, 0.15) is 5.75 Å². The van der Waals surface area contributed by atoms with E-state index in [1.165, 1.54) is 0 Å². The number of ether oxygens (including phenoxy) is 1. The van der Waals surface area contributed by atoms with Gasteiger partial charge in [0.2, 0.25) is 0 Å². The summed E-state index contributed by atoms with van der Waals surface area (Å²) >= 11 is 0. The van der Waals surface area contributed by atoms with Gasteiger partial charge in [-0.1, -0.05) is 78.9 Å². The molecule has 3 nitrogen and oxygen atoms in total. The highest BCUT2D eigenvalue weighted by Gasteiger charge is 2.17. The first-order valence-corrected chi connectivity index (χ1v) is 7.91. The molecule has 1 amide bonds. The van der Waals surface area contributed by atoms with E-state index in [0.29, 0.717) is 18.8 Å². The quantitative estimate of drug-likeness (QED) is 0.670. The van der Waals surface area contributed by atoms with Crippen LogP contribution in [0.2, 0.25) is 0 Å². The third-order valence-corrected chi connectivity index (χ3v) is 3.64. The molecule has 24 heavy (non-hydrogen) atoms. The molecule has 0 aliphatic rings. The van der Waals surface area contributed by atoms with Crippen LogP contribution in [0, 0.1) is 0 Å².